The maximum atomic E-state index is 12.9. The fourth-order valence-electron chi connectivity index (χ4n) is 2.50. The van der Waals surface area contributed by atoms with E-state index in [1.54, 1.807) is 30.3 Å². The van der Waals surface area contributed by atoms with Crippen molar-refractivity contribution in [3.63, 3.8) is 0 Å². The molecular weight excluding hydrogens is 314 g/mol. The summed E-state index contributed by atoms with van der Waals surface area (Å²) in [7, 11) is 0. The first-order chi connectivity index (χ1) is 12.1. The molecule has 0 N–H and O–H groups in total. The number of allylic oxidation sites excluding steroid dienone is 1. The highest BCUT2D eigenvalue weighted by molar-refractivity contribution is 6.32. The first-order valence-corrected chi connectivity index (χ1v) is 7.76. The molecule has 0 fully saturated rings. The van der Waals surface area contributed by atoms with Crippen molar-refractivity contribution in [1.29, 1.82) is 0 Å². The zero-order chi connectivity index (χ0) is 17.6. The van der Waals surface area contributed by atoms with Crippen LogP contribution in [0, 0.1) is 10.1 Å². The molecule has 25 heavy (non-hydrogen) atoms. The van der Waals surface area contributed by atoms with Crippen molar-refractivity contribution in [1.82, 2.24) is 0 Å². The van der Waals surface area contributed by atoms with Gasteiger partial charge in [0, 0.05) is 23.3 Å². The molecule has 3 rings (SSSR count). The van der Waals surface area contributed by atoms with E-state index in [2.05, 4.69) is 0 Å². The largest absolute Gasteiger partial charge is 0.289 e. The Morgan fingerprint density at radius 3 is 1.80 bits per heavy atom. The van der Waals surface area contributed by atoms with Gasteiger partial charge in [0.25, 0.3) is 5.69 Å². The topological polar surface area (TPSA) is 60.2 Å². The smallest absolute Gasteiger partial charge is 0.269 e. The minimum atomic E-state index is -0.444. The Hall–Kier alpha value is -3.53. The van der Waals surface area contributed by atoms with E-state index in [1.807, 2.05) is 48.5 Å². The molecule has 0 bridgehead atoms. The van der Waals surface area contributed by atoms with Gasteiger partial charge >= 0.3 is 0 Å². The van der Waals surface area contributed by atoms with Gasteiger partial charge in [0.15, 0.2) is 5.78 Å². The van der Waals surface area contributed by atoms with E-state index in [0.717, 1.165) is 11.1 Å². The summed E-state index contributed by atoms with van der Waals surface area (Å²) in [5.74, 6) is -0.0925. The van der Waals surface area contributed by atoms with Crippen LogP contribution in [0.1, 0.15) is 21.5 Å². The fraction of sp³-hybridized carbons (Fsp3) is 0. The molecular formula is C21H15NO3. The van der Waals surface area contributed by atoms with Crippen LogP contribution in [-0.4, -0.2) is 10.7 Å². The van der Waals surface area contributed by atoms with Crippen molar-refractivity contribution in [3.05, 3.63) is 112 Å². The molecule has 3 aromatic rings. The highest BCUT2D eigenvalue weighted by atomic mass is 16.6. The number of benzene rings is 3. The summed E-state index contributed by atoms with van der Waals surface area (Å²) < 4.78 is 0. The zero-order valence-corrected chi connectivity index (χ0v) is 13.3. The van der Waals surface area contributed by atoms with E-state index in [9.17, 15) is 14.9 Å². The predicted octanol–water partition coefficient (Wildman–Crippen LogP) is 5.02. The lowest BCUT2D eigenvalue weighted by Gasteiger charge is -2.08. The molecule has 0 atom stereocenters. The van der Waals surface area contributed by atoms with Gasteiger partial charge in [-0.1, -0.05) is 60.7 Å². The quantitative estimate of drug-likeness (QED) is 0.217. The molecule has 122 valence electrons. The first-order valence-electron chi connectivity index (χ1n) is 7.76. The lowest BCUT2D eigenvalue weighted by Crippen LogP contribution is -2.02. The van der Waals surface area contributed by atoms with E-state index in [4.69, 9.17) is 0 Å². The molecule has 4 heteroatoms. The van der Waals surface area contributed by atoms with E-state index >= 15 is 0 Å². The minimum absolute atomic E-state index is 0.0211. The van der Waals surface area contributed by atoms with Gasteiger partial charge < -0.3 is 0 Å². The summed E-state index contributed by atoms with van der Waals surface area (Å²) in [5, 5.41) is 10.8. The lowest BCUT2D eigenvalue weighted by atomic mass is 9.95. The molecule has 0 aliphatic heterocycles. The highest BCUT2D eigenvalue weighted by Gasteiger charge is 2.14. The number of non-ortho nitro benzene ring substituents is 1. The maximum Gasteiger partial charge on any atom is 0.269 e. The van der Waals surface area contributed by atoms with Gasteiger partial charge in [-0.25, -0.2) is 0 Å². The molecule has 0 aliphatic rings. The van der Waals surface area contributed by atoms with Gasteiger partial charge in [0.05, 0.1) is 4.92 Å². The fourth-order valence-corrected chi connectivity index (χ4v) is 2.50. The van der Waals surface area contributed by atoms with Crippen molar-refractivity contribution in [2.75, 3.05) is 0 Å². The number of ketones is 1. The van der Waals surface area contributed by atoms with Crippen LogP contribution < -0.4 is 0 Å². The van der Waals surface area contributed by atoms with E-state index in [0.29, 0.717) is 11.1 Å². The van der Waals surface area contributed by atoms with Crippen LogP contribution in [0.3, 0.4) is 0 Å². The van der Waals surface area contributed by atoms with Gasteiger partial charge in [0.1, 0.15) is 0 Å². The number of Topliss-reactive ketones (excluding diaryl/α,β-unsaturated/α-hetero) is 1. The Labute approximate surface area is 145 Å². The summed E-state index contributed by atoms with van der Waals surface area (Å²) in [4.78, 5) is 23.3. The highest BCUT2D eigenvalue weighted by Crippen LogP contribution is 2.24. The van der Waals surface area contributed by atoms with Gasteiger partial charge in [-0.15, -0.1) is 0 Å². The van der Waals surface area contributed by atoms with Gasteiger partial charge in [0.2, 0.25) is 0 Å². The summed E-state index contributed by atoms with van der Waals surface area (Å²) in [6.45, 7) is 0. The Bertz CT molecular complexity index is 914. The molecule has 4 nitrogen and oxygen atoms in total. The number of rotatable bonds is 5. The van der Waals surface area contributed by atoms with Crippen LogP contribution in [0.15, 0.2) is 84.9 Å². The third-order valence-corrected chi connectivity index (χ3v) is 3.78. The molecule has 3 aromatic carbocycles. The van der Waals surface area contributed by atoms with Gasteiger partial charge in [-0.05, 0) is 29.3 Å². The Morgan fingerprint density at radius 1 is 0.760 bits per heavy atom. The Morgan fingerprint density at radius 2 is 1.28 bits per heavy atom. The average Bonchev–Trinajstić information content (AvgIpc) is 2.67. The monoisotopic (exact) mass is 329 g/mol. The number of carbonyl (C=O) groups excluding carboxylic acids is 1. The van der Waals surface area contributed by atoms with Crippen LogP contribution in [0.25, 0.3) is 11.6 Å². The second-order valence-corrected chi connectivity index (χ2v) is 5.47. The zero-order valence-electron chi connectivity index (χ0n) is 13.3. The van der Waals surface area contributed by atoms with Crippen LogP contribution in [0.2, 0.25) is 0 Å². The number of nitro groups is 1. The summed E-state index contributed by atoms with van der Waals surface area (Å²) in [6.07, 6.45) is 1.76. The van der Waals surface area contributed by atoms with Crippen molar-refractivity contribution < 1.29 is 9.72 Å². The van der Waals surface area contributed by atoms with Crippen molar-refractivity contribution >= 4 is 23.1 Å². The SMILES string of the molecule is O=C(/C(=C/c1ccc([N+](=O)[O-])cc1)c1ccccc1)c1ccccc1. The second-order valence-electron chi connectivity index (χ2n) is 5.47. The molecule has 0 aliphatic carbocycles. The summed E-state index contributed by atoms with van der Waals surface area (Å²) in [5.41, 5.74) is 2.69. The molecule has 0 unspecified atom stereocenters. The third kappa shape index (κ3) is 3.87. The number of nitrogens with zero attached hydrogens (tertiary/aromatic N) is 1. The summed E-state index contributed by atoms with van der Waals surface area (Å²) >= 11 is 0. The van der Waals surface area contributed by atoms with Crippen LogP contribution in [-0.2, 0) is 0 Å². The van der Waals surface area contributed by atoms with Gasteiger partial charge in [-0.2, -0.15) is 0 Å². The predicted molar refractivity (Wildman–Crippen MR) is 98.2 cm³/mol. The molecule has 0 saturated heterocycles. The van der Waals surface area contributed by atoms with Crippen LogP contribution in [0.4, 0.5) is 5.69 Å². The average molecular weight is 329 g/mol. The number of carbonyl (C=O) groups is 1. The normalized spacial score (nSPS) is 11.1. The maximum absolute atomic E-state index is 12.9. The van der Waals surface area contributed by atoms with Crippen molar-refractivity contribution in [2.45, 2.75) is 0 Å². The third-order valence-electron chi connectivity index (χ3n) is 3.78. The summed E-state index contributed by atoms with van der Waals surface area (Å²) in [6, 6.07) is 24.6. The Kier molecular flexibility index (Phi) is 4.81. The lowest BCUT2D eigenvalue weighted by molar-refractivity contribution is -0.384. The molecule has 0 spiro atoms. The molecule has 0 amide bonds. The molecule has 0 aromatic heterocycles. The van der Waals surface area contributed by atoms with Gasteiger partial charge in [-0.3, -0.25) is 14.9 Å². The number of nitro benzene ring substituents is 1. The van der Waals surface area contributed by atoms with Crippen LogP contribution >= 0.6 is 0 Å². The Balaban J connectivity index is 2.05. The van der Waals surface area contributed by atoms with E-state index in [1.165, 1.54) is 12.1 Å². The minimum Gasteiger partial charge on any atom is -0.289 e. The standard InChI is InChI=1S/C21H15NO3/c23-21(18-9-5-2-6-10-18)20(17-7-3-1-4-8-17)15-16-11-13-19(14-12-16)22(24)25/h1-15H/b20-15+. The van der Waals surface area contributed by atoms with E-state index < -0.39 is 4.92 Å². The molecule has 0 radical (unpaired) electrons. The first kappa shape index (κ1) is 16.3. The molecule has 0 heterocycles. The molecule has 0 saturated carbocycles. The number of hydrogen-bond acceptors (Lipinski definition) is 3. The van der Waals surface area contributed by atoms with Crippen molar-refractivity contribution in [3.8, 4) is 0 Å². The van der Waals surface area contributed by atoms with Crippen molar-refractivity contribution in [2.24, 2.45) is 0 Å². The van der Waals surface area contributed by atoms with E-state index in [-0.39, 0.29) is 11.5 Å². The van der Waals surface area contributed by atoms with Crippen LogP contribution in [0.5, 0.6) is 0 Å². The second kappa shape index (κ2) is 7.36. The number of hydrogen-bond donors (Lipinski definition) is 0.